The van der Waals surface area contributed by atoms with Crippen molar-refractivity contribution >= 4 is 11.5 Å². The van der Waals surface area contributed by atoms with E-state index in [2.05, 4.69) is 0 Å². The molecule has 2 rings (SSSR count). The standard InChI is InChI=1S/C15H18F4N2O/c1-11(22)14-12(16)4-2-5-13(14)21-7-3-6-20(8-9-21)10-15(17,18)19/h2,4-5H,3,6-10H2,1H3. The van der Waals surface area contributed by atoms with Crippen LogP contribution in [-0.2, 0) is 0 Å². The second-order valence-corrected chi connectivity index (χ2v) is 5.42. The molecule has 1 aromatic rings. The number of carbonyl (C=O) groups is 1. The van der Waals surface area contributed by atoms with Gasteiger partial charge in [-0.1, -0.05) is 6.07 Å². The van der Waals surface area contributed by atoms with E-state index in [-0.39, 0.29) is 17.9 Å². The molecule has 7 heteroatoms. The van der Waals surface area contributed by atoms with Gasteiger partial charge in [0.15, 0.2) is 5.78 Å². The fraction of sp³-hybridized carbons (Fsp3) is 0.533. The number of hydrogen-bond donors (Lipinski definition) is 0. The minimum atomic E-state index is -4.22. The van der Waals surface area contributed by atoms with Crippen LogP contribution < -0.4 is 4.90 Å². The topological polar surface area (TPSA) is 23.6 Å². The number of Topliss-reactive ketones (excluding diaryl/α,β-unsaturated/α-hetero) is 1. The molecule has 1 aromatic carbocycles. The number of ketones is 1. The molecule has 0 bridgehead atoms. The van der Waals surface area contributed by atoms with E-state index in [1.165, 1.54) is 24.0 Å². The summed E-state index contributed by atoms with van der Waals surface area (Å²) in [6.45, 7) is 1.74. The van der Waals surface area contributed by atoms with Crippen LogP contribution in [0.4, 0.5) is 23.2 Å². The van der Waals surface area contributed by atoms with Crippen molar-refractivity contribution < 1.29 is 22.4 Å². The van der Waals surface area contributed by atoms with Gasteiger partial charge in [-0.25, -0.2) is 4.39 Å². The van der Waals surface area contributed by atoms with Crippen molar-refractivity contribution in [1.29, 1.82) is 0 Å². The third kappa shape index (κ3) is 4.19. The van der Waals surface area contributed by atoms with Crippen LogP contribution in [0.2, 0.25) is 0 Å². The van der Waals surface area contributed by atoms with Crippen LogP contribution in [0.5, 0.6) is 0 Å². The smallest absolute Gasteiger partial charge is 0.370 e. The van der Waals surface area contributed by atoms with Gasteiger partial charge in [-0.2, -0.15) is 13.2 Å². The molecule has 3 nitrogen and oxygen atoms in total. The predicted molar refractivity (Wildman–Crippen MR) is 75.7 cm³/mol. The van der Waals surface area contributed by atoms with Gasteiger partial charge < -0.3 is 4.90 Å². The van der Waals surface area contributed by atoms with Gasteiger partial charge in [0.25, 0.3) is 0 Å². The van der Waals surface area contributed by atoms with Gasteiger partial charge in [0.1, 0.15) is 5.82 Å². The molecule has 1 aliphatic rings. The maximum Gasteiger partial charge on any atom is 0.401 e. The number of nitrogens with zero attached hydrogens (tertiary/aromatic N) is 2. The number of anilines is 1. The minimum absolute atomic E-state index is 0.00627. The van der Waals surface area contributed by atoms with Gasteiger partial charge in [-0.05, 0) is 25.5 Å². The highest BCUT2D eigenvalue weighted by Gasteiger charge is 2.31. The van der Waals surface area contributed by atoms with E-state index in [4.69, 9.17) is 0 Å². The van der Waals surface area contributed by atoms with E-state index in [9.17, 15) is 22.4 Å². The van der Waals surface area contributed by atoms with E-state index in [1.54, 1.807) is 11.0 Å². The molecule has 1 heterocycles. The quantitative estimate of drug-likeness (QED) is 0.632. The molecule has 1 fully saturated rings. The van der Waals surface area contributed by atoms with E-state index < -0.39 is 18.5 Å². The number of benzene rings is 1. The van der Waals surface area contributed by atoms with Gasteiger partial charge >= 0.3 is 6.18 Å². The summed E-state index contributed by atoms with van der Waals surface area (Å²) in [6, 6.07) is 4.36. The first-order chi connectivity index (χ1) is 10.3. The average Bonchev–Trinajstić information content (AvgIpc) is 2.61. The van der Waals surface area contributed by atoms with Crippen LogP contribution in [0.1, 0.15) is 23.7 Å². The summed E-state index contributed by atoms with van der Waals surface area (Å²) in [7, 11) is 0. The third-order valence-electron chi connectivity index (χ3n) is 3.68. The van der Waals surface area contributed by atoms with Crippen molar-refractivity contribution in [1.82, 2.24) is 4.90 Å². The Bertz CT molecular complexity index is 545. The Hall–Kier alpha value is -1.63. The van der Waals surface area contributed by atoms with E-state index in [0.717, 1.165) is 0 Å². The molecule has 0 spiro atoms. The monoisotopic (exact) mass is 318 g/mol. The van der Waals surface area contributed by atoms with E-state index in [1.807, 2.05) is 0 Å². The van der Waals surface area contributed by atoms with Crippen molar-refractivity contribution in [3.05, 3.63) is 29.6 Å². The fourth-order valence-electron chi connectivity index (χ4n) is 2.75. The molecule has 1 saturated heterocycles. The number of hydrogen-bond acceptors (Lipinski definition) is 3. The lowest BCUT2D eigenvalue weighted by atomic mass is 10.1. The summed E-state index contributed by atoms with van der Waals surface area (Å²) in [4.78, 5) is 14.8. The van der Waals surface area contributed by atoms with Gasteiger partial charge in [0.2, 0.25) is 0 Å². The first-order valence-electron chi connectivity index (χ1n) is 7.11. The molecular weight excluding hydrogens is 300 g/mol. The molecular formula is C15H18F4N2O. The number of alkyl halides is 3. The molecule has 0 aliphatic carbocycles. The van der Waals surface area contributed by atoms with Crippen LogP contribution in [0.25, 0.3) is 0 Å². The Labute approximate surface area is 126 Å². The Morgan fingerprint density at radius 2 is 1.91 bits per heavy atom. The van der Waals surface area contributed by atoms with E-state index in [0.29, 0.717) is 31.7 Å². The Morgan fingerprint density at radius 1 is 1.18 bits per heavy atom. The summed E-state index contributed by atoms with van der Waals surface area (Å²) in [5.74, 6) is -0.981. The zero-order valence-electron chi connectivity index (χ0n) is 12.3. The molecule has 0 aromatic heterocycles. The van der Waals surface area contributed by atoms with Crippen molar-refractivity contribution in [3.63, 3.8) is 0 Å². The molecule has 0 unspecified atom stereocenters. The zero-order valence-corrected chi connectivity index (χ0v) is 12.3. The van der Waals surface area contributed by atoms with Crippen molar-refractivity contribution in [2.75, 3.05) is 37.6 Å². The third-order valence-corrected chi connectivity index (χ3v) is 3.68. The van der Waals surface area contributed by atoms with Crippen LogP contribution in [0, 0.1) is 5.82 Å². The summed E-state index contributed by atoms with van der Waals surface area (Å²) >= 11 is 0. The highest BCUT2D eigenvalue weighted by Crippen LogP contribution is 2.25. The van der Waals surface area contributed by atoms with E-state index >= 15 is 0 Å². The van der Waals surface area contributed by atoms with Gasteiger partial charge in [-0.3, -0.25) is 9.69 Å². The van der Waals surface area contributed by atoms with Gasteiger partial charge in [0, 0.05) is 26.2 Å². The van der Waals surface area contributed by atoms with Crippen LogP contribution in [0.3, 0.4) is 0 Å². The van der Waals surface area contributed by atoms with Gasteiger partial charge in [-0.15, -0.1) is 0 Å². The number of carbonyl (C=O) groups excluding carboxylic acids is 1. The van der Waals surface area contributed by atoms with Crippen molar-refractivity contribution in [2.24, 2.45) is 0 Å². The number of halogens is 4. The summed E-state index contributed by atoms with van der Waals surface area (Å²) < 4.78 is 51.2. The second kappa shape index (κ2) is 6.64. The van der Waals surface area contributed by atoms with Crippen LogP contribution >= 0.6 is 0 Å². The second-order valence-electron chi connectivity index (χ2n) is 5.42. The lowest BCUT2D eigenvalue weighted by Crippen LogP contribution is -2.37. The average molecular weight is 318 g/mol. The van der Waals surface area contributed by atoms with Crippen molar-refractivity contribution in [3.8, 4) is 0 Å². The first-order valence-corrected chi connectivity index (χ1v) is 7.11. The highest BCUT2D eigenvalue weighted by atomic mass is 19.4. The summed E-state index contributed by atoms with van der Waals surface area (Å²) in [6.07, 6.45) is -3.69. The lowest BCUT2D eigenvalue weighted by Gasteiger charge is -2.25. The molecule has 22 heavy (non-hydrogen) atoms. The molecule has 0 amide bonds. The molecule has 0 N–H and O–H groups in total. The van der Waals surface area contributed by atoms with Gasteiger partial charge in [0.05, 0.1) is 17.8 Å². The lowest BCUT2D eigenvalue weighted by molar-refractivity contribution is -0.145. The first kappa shape index (κ1) is 16.7. The maximum atomic E-state index is 13.8. The predicted octanol–water partition coefficient (Wildman–Crippen LogP) is 3.10. The molecule has 1 aliphatic heterocycles. The number of rotatable bonds is 3. The van der Waals surface area contributed by atoms with Crippen LogP contribution in [-0.4, -0.2) is 49.6 Å². The summed E-state index contributed by atoms with van der Waals surface area (Å²) in [5.41, 5.74) is 0.466. The molecule has 122 valence electrons. The Kier molecular flexibility index (Phi) is 5.05. The SMILES string of the molecule is CC(=O)c1c(F)cccc1N1CCCN(CC(F)(F)F)CC1. The zero-order chi connectivity index (χ0) is 16.3. The Balaban J connectivity index is 2.15. The molecule has 0 atom stereocenters. The largest absolute Gasteiger partial charge is 0.401 e. The Morgan fingerprint density at radius 3 is 2.55 bits per heavy atom. The maximum absolute atomic E-state index is 13.8. The molecule has 0 radical (unpaired) electrons. The highest BCUT2D eigenvalue weighted by molar-refractivity contribution is 6.00. The summed E-state index contributed by atoms with van der Waals surface area (Å²) in [5, 5.41) is 0. The minimum Gasteiger partial charge on any atom is -0.370 e. The molecule has 0 saturated carbocycles. The van der Waals surface area contributed by atoms with Crippen molar-refractivity contribution in [2.45, 2.75) is 19.5 Å². The fourth-order valence-corrected chi connectivity index (χ4v) is 2.75. The van der Waals surface area contributed by atoms with Crippen LogP contribution in [0.15, 0.2) is 18.2 Å². The normalized spacial score (nSPS) is 17.4.